The maximum absolute atomic E-state index is 13.2. The molecule has 1 unspecified atom stereocenters. The highest BCUT2D eigenvalue weighted by molar-refractivity contribution is 5.84. The third kappa shape index (κ3) is 4.75. The van der Waals surface area contributed by atoms with E-state index >= 15 is 0 Å². The Kier molecular flexibility index (Phi) is 5.84. The molecule has 0 radical (unpaired) electrons. The van der Waals surface area contributed by atoms with E-state index in [-0.39, 0.29) is 6.42 Å². The highest BCUT2D eigenvalue weighted by atomic mass is 19.4. The van der Waals surface area contributed by atoms with Gasteiger partial charge in [-0.25, -0.2) is 0 Å². The Bertz CT molecular complexity index is 684. The monoisotopic (exact) mass is 337 g/mol. The van der Waals surface area contributed by atoms with Crippen LogP contribution in [0.2, 0.25) is 0 Å². The van der Waals surface area contributed by atoms with Crippen LogP contribution in [0, 0.1) is 0 Å². The van der Waals surface area contributed by atoms with E-state index in [1.54, 1.807) is 48.5 Å². The Hall–Kier alpha value is -2.50. The zero-order valence-electron chi connectivity index (χ0n) is 13.4. The molecular weight excluding hydrogens is 319 g/mol. The zero-order chi connectivity index (χ0) is 17.6. The Morgan fingerprint density at radius 1 is 1.04 bits per heavy atom. The van der Waals surface area contributed by atoms with Gasteiger partial charge in [-0.1, -0.05) is 30.3 Å². The van der Waals surface area contributed by atoms with Crippen molar-refractivity contribution in [3.8, 4) is 11.5 Å². The van der Waals surface area contributed by atoms with Crippen molar-refractivity contribution in [3.63, 3.8) is 0 Å². The molecule has 0 aliphatic rings. The van der Waals surface area contributed by atoms with Gasteiger partial charge in [0.05, 0.1) is 14.2 Å². The first-order valence-corrected chi connectivity index (χ1v) is 7.30. The standard InChI is InChI=1S/C18H18F3NO2/c1-23-15-9-8-14(16(11-15)24-2)12-22-17(18(19,20)21)10-13-6-4-3-5-7-13/h3-9,11-12,17H,10H2,1-2H3. The Morgan fingerprint density at radius 3 is 2.33 bits per heavy atom. The van der Waals surface area contributed by atoms with E-state index in [4.69, 9.17) is 9.47 Å². The Morgan fingerprint density at radius 2 is 1.75 bits per heavy atom. The maximum atomic E-state index is 13.2. The van der Waals surface area contributed by atoms with Crippen LogP contribution in [0.15, 0.2) is 53.5 Å². The van der Waals surface area contributed by atoms with Gasteiger partial charge in [-0.3, -0.25) is 4.99 Å². The van der Waals surface area contributed by atoms with Crippen molar-refractivity contribution in [2.75, 3.05) is 14.2 Å². The van der Waals surface area contributed by atoms with Gasteiger partial charge >= 0.3 is 6.18 Å². The number of hydrogen-bond acceptors (Lipinski definition) is 3. The molecule has 0 amide bonds. The molecule has 0 aliphatic carbocycles. The summed E-state index contributed by atoms with van der Waals surface area (Å²) in [5.74, 6) is 0.958. The average Bonchev–Trinajstić information content (AvgIpc) is 2.58. The summed E-state index contributed by atoms with van der Waals surface area (Å²) in [4.78, 5) is 3.75. The topological polar surface area (TPSA) is 30.8 Å². The smallest absolute Gasteiger partial charge is 0.411 e. The predicted molar refractivity (Wildman–Crippen MR) is 87.1 cm³/mol. The first-order chi connectivity index (χ1) is 11.4. The molecule has 0 spiro atoms. The molecule has 1 atom stereocenters. The summed E-state index contributed by atoms with van der Waals surface area (Å²) in [5.41, 5.74) is 1.04. The fourth-order valence-electron chi connectivity index (χ4n) is 2.19. The number of aliphatic imine (C=N–C) groups is 1. The molecule has 3 nitrogen and oxygen atoms in total. The molecule has 0 saturated heterocycles. The van der Waals surface area contributed by atoms with Crippen LogP contribution in [0.1, 0.15) is 11.1 Å². The lowest BCUT2D eigenvalue weighted by molar-refractivity contribution is -0.146. The molecule has 128 valence electrons. The van der Waals surface area contributed by atoms with Gasteiger partial charge in [-0.05, 0) is 17.7 Å². The van der Waals surface area contributed by atoms with E-state index in [0.717, 1.165) is 0 Å². The van der Waals surface area contributed by atoms with Crippen molar-refractivity contribution in [3.05, 3.63) is 59.7 Å². The van der Waals surface area contributed by atoms with Crippen molar-refractivity contribution >= 4 is 6.21 Å². The second-order valence-electron chi connectivity index (χ2n) is 5.13. The fraction of sp³-hybridized carbons (Fsp3) is 0.278. The molecule has 24 heavy (non-hydrogen) atoms. The predicted octanol–water partition coefficient (Wildman–Crippen LogP) is 4.30. The normalized spacial score (nSPS) is 13.0. The van der Waals surface area contributed by atoms with Crippen LogP contribution in [-0.2, 0) is 6.42 Å². The molecule has 0 fully saturated rings. The number of benzene rings is 2. The number of halogens is 3. The van der Waals surface area contributed by atoms with Crippen LogP contribution >= 0.6 is 0 Å². The third-order valence-corrected chi connectivity index (χ3v) is 3.48. The maximum Gasteiger partial charge on any atom is 0.411 e. The number of methoxy groups -OCH3 is 2. The number of ether oxygens (including phenoxy) is 2. The van der Waals surface area contributed by atoms with Crippen molar-refractivity contribution in [1.82, 2.24) is 0 Å². The molecule has 2 rings (SSSR count). The Balaban J connectivity index is 2.24. The summed E-state index contributed by atoms with van der Waals surface area (Å²) in [6, 6.07) is 11.5. The van der Waals surface area contributed by atoms with Gasteiger partial charge in [0, 0.05) is 24.3 Å². The first-order valence-electron chi connectivity index (χ1n) is 7.30. The highest BCUT2D eigenvalue weighted by Crippen LogP contribution is 2.27. The van der Waals surface area contributed by atoms with Crippen LogP contribution in [0.4, 0.5) is 13.2 Å². The van der Waals surface area contributed by atoms with Gasteiger partial charge in [0.25, 0.3) is 0 Å². The van der Waals surface area contributed by atoms with E-state index < -0.39 is 12.2 Å². The quantitative estimate of drug-likeness (QED) is 0.736. The van der Waals surface area contributed by atoms with Gasteiger partial charge in [-0.15, -0.1) is 0 Å². The van der Waals surface area contributed by atoms with Crippen LogP contribution in [0.25, 0.3) is 0 Å². The number of nitrogens with zero attached hydrogens (tertiary/aromatic N) is 1. The molecule has 0 aliphatic heterocycles. The summed E-state index contributed by atoms with van der Waals surface area (Å²) in [5, 5.41) is 0. The molecular formula is C18H18F3NO2. The summed E-state index contributed by atoms with van der Waals surface area (Å²) in [6.45, 7) is 0. The minimum atomic E-state index is -4.42. The van der Waals surface area contributed by atoms with Crippen molar-refractivity contribution in [2.45, 2.75) is 18.6 Å². The molecule has 6 heteroatoms. The Labute approximate surface area is 138 Å². The van der Waals surface area contributed by atoms with Crippen molar-refractivity contribution in [2.24, 2.45) is 4.99 Å². The van der Waals surface area contributed by atoms with E-state index in [1.807, 2.05) is 0 Å². The van der Waals surface area contributed by atoms with E-state index in [0.29, 0.717) is 22.6 Å². The van der Waals surface area contributed by atoms with Crippen LogP contribution in [0.5, 0.6) is 11.5 Å². The number of alkyl halides is 3. The largest absolute Gasteiger partial charge is 0.497 e. The molecule has 2 aromatic carbocycles. The van der Waals surface area contributed by atoms with Crippen LogP contribution in [-0.4, -0.2) is 32.7 Å². The van der Waals surface area contributed by atoms with Crippen LogP contribution < -0.4 is 9.47 Å². The van der Waals surface area contributed by atoms with Gasteiger partial charge < -0.3 is 9.47 Å². The SMILES string of the molecule is COc1ccc(C=NC(Cc2ccccc2)C(F)(F)F)c(OC)c1. The van der Waals surface area contributed by atoms with E-state index in [1.165, 1.54) is 20.4 Å². The van der Waals surface area contributed by atoms with Gasteiger partial charge in [0.1, 0.15) is 17.5 Å². The van der Waals surface area contributed by atoms with E-state index in [2.05, 4.69) is 4.99 Å². The molecule has 0 aromatic heterocycles. The lowest BCUT2D eigenvalue weighted by Crippen LogP contribution is -2.29. The highest BCUT2D eigenvalue weighted by Gasteiger charge is 2.39. The summed E-state index contributed by atoms with van der Waals surface area (Å²) in [6.07, 6.45) is -3.44. The summed E-state index contributed by atoms with van der Waals surface area (Å²) < 4.78 is 50.0. The first kappa shape index (κ1) is 17.8. The number of hydrogen-bond donors (Lipinski definition) is 0. The minimum absolute atomic E-state index is 0.209. The fourth-order valence-corrected chi connectivity index (χ4v) is 2.19. The molecule has 0 heterocycles. The molecule has 0 bridgehead atoms. The third-order valence-electron chi connectivity index (χ3n) is 3.48. The minimum Gasteiger partial charge on any atom is -0.497 e. The number of rotatable bonds is 6. The lowest BCUT2D eigenvalue weighted by Gasteiger charge is -2.16. The average molecular weight is 337 g/mol. The second-order valence-corrected chi connectivity index (χ2v) is 5.13. The van der Waals surface area contributed by atoms with Gasteiger partial charge in [0.2, 0.25) is 0 Å². The van der Waals surface area contributed by atoms with Gasteiger partial charge in [0.15, 0.2) is 0 Å². The lowest BCUT2D eigenvalue weighted by atomic mass is 10.1. The van der Waals surface area contributed by atoms with Crippen LogP contribution in [0.3, 0.4) is 0 Å². The van der Waals surface area contributed by atoms with Crippen molar-refractivity contribution < 1.29 is 22.6 Å². The molecule has 2 aromatic rings. The van der Waals surface area contributed by atoms with E-state index in [9.17, 15) is 13.2 Å². The molecule has 0 N–H and O–H groups in total. The van der Waals surface area contributed by atoms with Crippen molar-refractivity contribution in [1.29, 1.82) is 0 Å². The summed E-state index contributed by atoms with van der Waals surface area (Å²) in [7, 11) is 2.94. The summed E-state index contributed by atoms with van der Waals surface area (Å²) >= 11 is 0. The molecule has 0 saturated carbocycles. The second kappa shape index (κ2) is 7.86. The zero-order valence-corrected chi connectivity index (χ0v) is 13.4. The van der Waals surface area contributed by atoms with Gasteiger partial charge in [-0.2, -0.15) is 13.2 Å².